The van der Waals surface area contributed by atoms with Crippen LogP contribution in [0.5, 0.6) is 11.5 Å². The monoisotopic (exact) mass is 391 g/mol. The fourth-order valence-electron chi connectivity index (χ4n) is 2.37. The van der Waals surface area contributed by atoms with Gasteiger partial charge in [0.15, 0.2) is 21.3 Å². The van der Waals surface area contributed by atoms with E-state index in [1.165, 1.54) is 12.1 Å². The summed E-state index contributed by atoms with van der Waals surface area (Å²) < 4.78 is 34.6. The first-order valence-electron chi connectivity index (χ1n) is 8.86. The number of ether oxygens (including phenoxy) is 2. The van der Waals surface area contributed by atoms with Gasteiger partial charge in [0.25, 0.3) is 5.91 Å². The SMILES string of the molecule is CCCCOc1ccc(C(=O)Nc2cccc(S(C)(=O)=O)c2)cc1OCC. The number of sulfone groups is 1. The number of carbonyl (C=O) groups excluding carboxylic acids is 1. The molecular weight excluding hydrogens is 366 g/mol. The van der Waals surface area contributed by atoms with E-state index in [1.54, 1.807) is 30.3 Å². The number of amides is 1. The molecule has 2 rings (SSSR count). The minimum absolute atomic E-state index is 0.148. The molecule has 0 aliphatic carbocycles. The topological polar surface area (TPSA) is 81.7 Å². The van der Waals surface area contributed by atoms with E-state index in [0.29, 0.717) is 36.0 Å². The van der Waals surface area contributed by atoms with Crippen LogP contribution in [0, 0.1) is 0 Å². The summed E-state index contributed by atoms with van der Waals surface area (Å²) in [5.41, 5.74) is 0.801. The van der Waals surface area contributed by atoms with Crippen LogP contribution < -0.4 is 14.8 Å². The molecule has 0 saturated heterocycles. The number of hydrogen-bond donors (Lipinski definition) is 1. The summed E-state index contributed by atoms with van der Waals surface area (Å²) in [6.07, 6.45) is 3.08. The van der Waals surface area contributed by atoms with Gasteiger partial charge in [-0.05, 0) is 49.7 Å². The van der Waals surface area contributed by atoms with Gasteiger partial charge in [0, 0.05) is 17.5 Å². The summed E-state index contributed by atoms with van der Waals surface area (Å²) in [5, 5.41) is 2.71. The molecule has 2 aromatic carbocycles. The highest BCUT2D eigenvalue weighted by atomic mass is 32.2. The molecule has 0 aromatic heterocycles. The predicted octanol–water partition coefficient (Wildman–Crippen LogP) is 3.92. The van der Waals surface area contributed by atoms with Gasteiger partial charge in [-0.15, -0.1) is 0 Å². The molecule has 0 saturated carbocycles. The first-order chi connectivity index (χ1) is 12.8. The Hall–Kier alpha value is -2.54. The molecular formula is C20H25NO5S. The quantitative estimate of drug-likeness (QED) is 0.655. The van der Waals surface area contributed by atoms with Crippen molar-refractivity contribution in [1.29, 1.82) is 0 Å². The zero-order valence-corrected chi connectivity index (χ0v) is 16.6. The van der Waals surface area contributed by atoms with Crippen LogP contribution in [0.4, 0.5) is 5.69 Å². The average Bonchev–Trinajstić information content (AvgIpc) is 2.63. The fraction of sp³-hybridized carbons (Fsp3) is 0.350. The average molecular weight is 391 g/mol. The normalized spacial score (nSPS) is 11.1. The van der Waals surface area contributed by atoms with Crippen LogP contribution in [0.15, 0.2) is 47.4 Å². The summed E-state index contributed by atoms with van der Waals surface area (Å²) in [4.78, 5) is 12.7. The molecule has 0 heterocycles. The maximum absolute atomic E-state index is 12.5. The Bertz CT molecular complexity index is 893. The summed E-state index contributed by atoms with van der Waals surface area (Å²) >= 11 is 0. The Morgan fingerprint density at radius 2 is 1.81 bits per heavy atom. The maximum atomic E-state index is 12.5. The van der Waals surface area contributed by atoms with E-state index in [2.05, 4.69) is 12.2 Å². The molecule has 2 aromatic rings. The van der Waals surface area contributed by atoms with Crippen LogP contribution in [-0.2, 0) is 9.84 Å². The van der Waals surface area contributed by atoms with Crippen LogP contribution in [0.1, 0.15) is 37.0 Å². The van der Waals surface area contributed by atoms with Crippen molar-refractivity contribution < 1.29 is 22.7 Å². The van der Waals surface area contributed by atoms with E-state index in [4.69, 9.17) is 9.47 Å². The zero-order valence-electron chi connectivity index (χ0n) is 15.8. The lowest BCUT2D eigenvalue weighted by Crippen LogP contribution is -2.13. The second-order valence-corrected chi connectivity index (χ2v) is 8.07. The number of benzene rings is 2. The van der Waals surface area contributed by atoms with Gasteiger partial charge in [-0.2, -0.15) is 0 Å². The summed E-state index contributed by atoms with van der Waals surface area (Å²) in [5.74, 6) is 0.744. The Kier molecular flexibility index (Phi) is 7.24. The molecule has 1 N–H and O–H groups in total. The van der Waals surface area contributed by atoms with Crippen molar-refractivity contribution >= 4 is 21.4 Å². The lowest BCUT2D eigenvalue weighted by atomic mass is 10.1. The van der Waals surface area contributed by atoms with E-state index >= 15 is 0 Å². The number of nitrogens with one attached hydrogen (secondary N) is 1. The number of unbranched alkanes of at least 4 members (excludes halogenated alkanes) is 1. The molecule has 7 heteroatoms. The van der Waals surface area contributed by atoms with Crippen LogP contribution in [0.2, 0.25) is 0 Å². The molecule has 0 aliphatic heterocycles. The Balaban J connectivity index is 2.19. The maximum Gasteiger partial charge on any atom is 0.255 e. The Morgan fingerprint density at radius 1 is 1.04 bits per heavy atom. The largest absolute Gasteiger partial charge is 0.490 e. The van der Waals surface area contributed by atoms with Crippen molar-refractivity contribution in [3.05, 3.63) is 48.0 Å². The Morgan fingerprint density at radius 3 is 2.48 bits per heavy atom. The lowest BCUT2D eigenvalue weighted by Gasteiger charge is -2.13. The minimum atomic E-state index is -3.34. The second kappa shape index (κ2) is 9.41. The molecule has 27 heavy (non-hydrogen) atoms. The van der Waals surface area contributed by atoms with Crippen molar-refractivity contribution in [1.82, 2.24) is 0 Å². The summed E-state index contributed by atoms with van der Waals surface area (Å²) in [6, 6.07) is 11.1. The lowest BCUT2D eigenvalue weighted by molar-refractivity contribution is 0.102. The third-order valence-electron chi connectivity index (χ3n) is 3.78. The van der Waals surface area contributed by atoms with Crippen LogP contribution >= 0.6 is 0 Å². The van der Waals surface area contributed by atoms with E-state index in [-0.39, 0.29) is 10.8 Å². The predicted molar refractivity (Wildman–Crippen MR) is 106 cm³/mol. The first-order valence-corrected chi connectivity index (χ1v) is 10.8. The molecule has 0 fully saturated rings. The smallest absolute Gasteiger partial charge is 0.255 e. The van der Waals surface area contributed by atoms with E-state index < -0.39 is 9.84 Å². The minimum Gasteiger partial charge on any atom is -0.490 e. The van der Waals surface area contributed by atoms with Crippen molar-refractivity contribution in [3.63, 3.8) is 0 Å². The third kappa shape index (κ3) is 5.99. The summed E-state index contributed by atoms with van der Waals surface area (Å²) in [7, 11) is -3.34. The highest BCUT2D eigenvalue weighted by Crippen LogP contribution is 2.29. The second-order valence-electron chi connectivity index (χ2n) is 6.05. The zero-order chi connectivity index (χ0) is 19.9. The molecule has 1 amide bonds. The fourth-order valence-corrected chi connectivity index (χ4v) is 3.04. The van der Waals surface area contributed by atoms with Crippen LogP contribution in [-0.4, -0.2) is 33.8 Å². The van der Waals surface area contributed by atoms with Crippen molar-refractivity contribution in [2.75, 3.05) is 24.8 Å². The molecule has 0 bridgehead atoms. The van der Waals surface area contributed by atoms with E-state index in [9.17, 15) is 13.2 Å². The molecule has 0 unspecified atom stereocenters. The van der Waals surface area contributed by atoms with E-state index in [1.807, 2.05) is 6.92 Å². The van der Waals surface area contributed by atoms with Gasteiger partial charge in [-0.1, -0.05) is 19.4 Å². The molecule has 0 spiro atoms. The third-order valence-corrected chi connectivity index (χ3v) is 4.89. The highest BCUT2D eigenvalue weighted by Gasteiger charge is 2.13. The van der Waals surface area contributed by atoms with Gasteiger partial charge >= 0.3 is 0 Å². The van der Waals surface area contributed by atoms with Gasteiger partial charge in [0.05, 0.1) is 18.1 Å². The van der Waals surface area contributed by atoms with Crippen molar-refractivity contribution in [2.45, 2.75) is 31.6 Å². The molecule has 0 atom stereocenters. The molecule has 0 aliphatic rings. The molecule has 0 radical (unpaired) electrons. The van der Waals surface area contributed by atoms with Crippen LogP contribution in [0.3, 0.4) is 0 Å². The van der Waals surface area contributed by atoms with Gasteiger partial charge < -0.3 is 14.8 Å². The van der Waals surface area contributed by atoms with Crippen molar-refractivity contribution in [2.24, 2.45) is 0 Å². The number of hydrogen-bond acceptors (Lipinski definition) is 5. The first kappa shape index (κ1) is 20.8. The van der Waals surface area contributed by atoms with E-state index in [0.717, 1.165) is 19.1 Å². The number of anilines is 1. The van der Waals surface area contributed by atoms with Gasteiger partial charge in [0.2, 0.25) is 0 Å². The van der Waals surface area contributed by atoms with Gasteiger partial charge in [-0.25, -0.2) is 8.42 Å². The standard InChI is InChI=1S/C20H25NO5S/c1-4-6-12-26-18-11-10-15(13-19(18)25-5-2)20(22)21-16-8-7-9-17(14-16)27(3,23)24/h7-11,13-14H,4-6,12H2,1-3H3,(H,21,22). The number of rotatable bonds is 9. The van der Waals surface area contributed by atoms with Gasteiger partial charge in [-0.3, -0.25) is 4.79 Å². The summed E-state index contributed by atoms with van der Waals surface area (Å²) in [6.45, 7) is 4.98. The molecule has 146 valence electrons. The van der Waals surface area contributed by atoms with Gasteiger partial charge in [0.1, 0.15) is 0 Å². The van der Waals surface area contributed by atoms with Crippen LogP contribution in [0.25, 0.3) is 0 Å². The highest BCUT2D eigenvalue weighted by molar-refractivity contribution is 7.90. The van der Waals surface area contributed by atoms with Crippen molar-refractivity contribution in [3.8, 4) is 11.5 Å². The molecule has 6 nitrogen and oxygen atoms in total. The Labute approximate surface area is 160 Å². The number of carbonyl (C=O) groups is 1.